The van der Waals surface area contributed by atoms with Gasteiger partial charge in [-0.05, 0) is 106 Å². The van der Waals surface area contributed by atoms with E-state index in [1.54, 1.807) is 30.5 Å². The molecule has 2 saturated heterocycles. The van der Waals surface area contributed by atoms with Crippen molar-refractivity contribution >= 4 is 41.1 Å². The lowest BCUT2D eigenvalue weighted by molar-refractivity contribution is -0.164. The first-order valence-corrected chi connectivity index (χ1v) is 20.8. The maximum atomic E-state index is 13.3. The zero-order valence-corrected chi connectivity index (χ0v) is 34.4. The fourth-order valence-corrected chi connectivity index (χ4v) is 9.96. The van der Waals surface area contributed by atoms with Crippen molar-refractivity contribution in [3.8, 4) is 11.8 Å². The SMILES string of the molecule is CC1(C)C(NC(=O)c2ccc(CCCCCCN3CCC(c4ccc5c(c4)C(=O)N(C4CCC(=O)NC4=O)C5=O)CC3)nc2)C(C)(C)C1Oc1ccc(C#N)c(Cl)c1. The summed E-state index contributed by atoms with van der Waals surface area (Å²) < 4.78 is 6.35. The molecule has 1 aliphatic carbocycles. The summed E-state index contributed by atoms with van der Waals surface area (Å²) in [5.74, 6) is -1.19. The van der Waals surface area contributed by atoms with E-state index in [-0.39, 0.29) is 47.6 Å². The number of amides is 5. The molecule has 1 aromatic heterocycles. The zero-order valence-electron chi connectivity index (χ0n) is 33.6. The summed E-state index contributed by atoms with van der Waals surface area (Å²) in [5, 5.41) is 15.0. The normalized spacial score (nSPS) is 22.8. The van der Waals surface area contributed by atoms with E-state index in [1.165, 1.54) is 0 Å². The molecule has 5 amide bonds. The number of rotatable bonds is 13. The van der Waals surface area contributed by atoms with Gasteiger partial charge in [-0.1, -0.05) is 58.2 Å². The van der Waals surface area contributed by atoms with E-state index in [0.717, 1.165) is 80.7 Å². The van der Waals surface area contributed by atoms with Crippen molar-refractivity contribution in [3.05, 3.63) is 93.3 Å². The second-order valence-electron chi connectivity index (χ2n) is 17.4. The second-order valence-corrected chi connectivity index (χ2v) is 17.8. The van der Waals surface area contributed by atoms with Crippen molar-refractivity contribution in [1.29, 1.82) is 5.26 Å². The van der Waals surface area contributed by atoms with Crippen LogP contribution >= 0.6 is 11.6 Å². The average molecular weight is 807 g/mol. The Morgan fingerprint density at radius 2 is 1.66 bits per heavy atom. The number of nitrogens with zero attached hydrogens (tertiary/aromatic N) is 4. The molecular formula is C45H51ClN6O6. The molecule has 13 heteroatoms. The molecule has 3 fully saturated rings. The summed E-state index contributed by atoms with van der Waals surface area (Å²) in [6.07, 6.45) is 8.89. The number of aromatic nitrogens is 1. The molecule has 3 aliphatic heterocycles. The number of unbranched alkanes of at least 4 members (excludes halogenated alkanes) is 3. The number of ether oxygens (including phenoxy) is 1. The predicted molar refractivity (Wildman–Crippen MR) is 217 cm³/mol. The van der Waals surface area contributed by atoms with Crippen molar-refractivity contribution in [2.24, 2.45) is 10.8 Å². The Kier molecular flexibility index (Phi) is 11.8. The van der Waals surface area contributed by atoms with E-state index >= 15 is 0 Å². The Hall–Kier alpha value is -5.12. The first-order chi connectivity index (χ1) is 27.7. The number of carbonyl (C=O) groups is 5. The molecule has 0 bridgehead atoms. The smallest absolute Gasteiger partial charge is 0.262 e. The van der Waals surface area contributed by atoms with Gasteiger partial charge < -0.3 is 15.0 Å². The number of hydrogen-bond donors (Lipinski definition) is 2. The van der Waals surface area contributed by atoms with Gasteiger partial charge in [0.2, 0.25) is 11.8 Å². The second kappa shape index (κ2) is 16.6. The molecule has 12 nitrogen and oxygen atoms in total. The molecule has 1 atom stereocenters. The number of benzene rings is 2. The number of nitrogens with one attached hydrogen (secondary N) is 2. The number of hydrogen-bond acceptors (Lipinski definition) is 9. The van der Waals surface area contributed by atoms with Crippen molar-refractivity contribution in [2.75, 3.05) is 19.6 Å². The van der Waals surface area contributed by atoms with Gasteiger partial charge in [0.05, 0.1) is 27.3 Å². The van der Waals surface area contributed by atoms with Crippen molar-refractivity contribution in [3.63, 3.8) is 0 Å². The van der Waals surface area contributed by atoms with E-state index in [1.807, 2.05) is 24.3 Å². The van der Waals surface area contributed by atoms with Crippen LogP contribution in [0.3, 0.4) is 0 Å². The van der Waals surface area contributed by atoms with E-state index in [2.05, 4.69) is 54.3 Å². The molecule has 7 rings (SSSR count). The molecule has 0 radical (unpaired) electrons. The molecule has 0 spiro atoms. The number of pyridine rings is 1. The fraction of sp³-hybridized carbons (Fsp3) is 0.489. The molecule has 58 heavy (non-hydrogen) atoms. The molecule has 2 N–H and O–H groups in total. The summed E-state index contributed by atoms with van der Waals surface area (Å²) in [4.78, 5) is 71.8. The van der Waals surface area contributed by atoms with Crippen LogP contribution in [-0.2, 0) is 16.0 Å². The maximum absolute atomic E-state index is 13.3. The van der Waals surface area contributed by atoms with Crippen molar-refractivity contribution < 1.29 is 28.7 Å². The number of halogens is 1. The summed E-state index contributed by atoms with van der Waals surface area (Å²) in [5.41, 5.74) is 2.89. The molecule has 1 saturated carbocycles. The summed E-state index contributed by atoms with van der Waals surface area (Å²) in [6.45, 7) is 11.3. The number of nitriles is 1. The number of fused-ring (bicyclic) bond motifs is 1. The highest BCUT2D eigenvalue weighted by Crippen LogP contribution is 2.55. The van der Waals surface area contributed by atoms with Crippen LogP contribution in [0, 0.1) is 22.2 Å². The number of imide groups is 2. The minimum absolute atomic E-state index is 0.0993. The molecule has 304 valence electrons. The third-order valence-corrected chi connectivity index (χ3v) is 13.0. The predicted octanol–water partition coefficient (Wildman–Crippen LogP) is 6.60. The molecular weight excluding hydrogens is 756 g/mol. The van der Waals surface area contributed by atoms with Gasteiger partial charge in [-0.2, -0.15) is 5.26 Å². The van der Waals surface area contributed by atoms with Gasteiger partial charge in [-0.15, -0.1) is 0 Å². The molecule has 4 heterocycles. The van der Waals surface area contributed by atoms with Crippen LogP contribution in [0.15, 0.2) is 54.7 Å². The van der Waals surface area contributed by atoms with E-state index < -0.39 is 23.8 Å². The van der Waals surface area contributed by atoms with Crippen LogP contribution in [0.1, 0.15) is 133 Å². The average Bonchev–Trinajstić information content (AvgIpc) is 3.45. The monoisotopic (exact) mass is 806 g/mol. The summed E-state index contributed by atoms with van der Waals surface area (Å²) in [7, 11) is 0. The Labute approximate surface area is 344 Å². The fourth-order valence-electron chi connectivity index (χ4n) is 9.74. The minimum atomic E-state index is -0.958. The standard InChI is InChI=1S/C45H51ClN6O6/c1-44(2)42(45(3,4)43(44)58-32-14-11-29(25-47)35(46)24-32)50-38(54)30-10-13-31(48-26-30)9-7-5-6-8-20-51-21-18-27(19-22-51)28-12-15-33-34(23-28)41(57)52(40(33)56)36-16-17-37(53)49-39(36)55/h10-15,23-24,26-27,36,42-43H,5-9,16-22H2,1-4H3,(H,50,54)(H,49,53,55). The van der Waals surface area contributed by atoms with Gasteiger partial charge in [0.1, 0.15) is 24.0 Å². The Bertz CT molecular complexity index is 2140. The van der Waals surface area contributed by atoms with Gasteiger partial charge in [-0.25, -0.2) is 0 Å². The highest BCUT2D eigenvalue weighted by atomic mass is 35.5. The van der Waals surface area contributed by atoms with E-state index in [0.29, 0.717) is 38.9 Å². The highest BCUT2D eigenvalue weighted by molar-refractivity contribution is 6.31. The van der Waals surface area contributed by atoms with Gasteiger partial charge in [0, 0.05) is 41.2 Å². The Balaban J connectivity index is 0.800. The van der Waals surface area contributed by atoms with Crippen molar-refractivity contribution in [2.45, 2.75) is 110 Å². The van der Waals surface area contributed by atoms with Gasteiger partial charge >= 0.3 is 0 Å². The topological polar surface area (TPSA) is 162 Å². The quantitative estimate of drug-likeness (QED) is 0.143. The van der Waals surface area contributed by atoms with Crippen LogP contribution in [0.5, 0.6) is 5.75 Å². The van der Waals surface area contributed by atoms with Crippen LogP contribution in [0.2, 0.25) is 5.02 Å². The third-order valence-electron chi connectivity index (χ3n) is 12.7. The van der Waals surface area contributed by atoms with Crippen LogP contribution in [0.25, 0.3) is 0 Å². The first kappa shape index (κ1) is 41.1. The van der Waals surface area contributed by atoms with Gasteiger partial charge in [-0.3, -0.25) is 39.2 Å². The molecule has 1 unspecified atom stereocenters. The van der Waals surface area contributed by atoms with Crippen molar-refractivity contribution in [1.82, 2.24) is 25.4 Å². The lowest BCUT2D eigenvalue weighted by atomic mass is 9.49. The number of aryl methyl sites for hydroxylation is 1. The van der Waals surface area contributed by atoms with Crippen LogP contribution in [0.4, 0.5) is 0 Å². The first-order valence-electron chi connectivity index (χ1n) is 20.4. The highest BCUT2D eigenvalue weighted by Gasteiger charge is 2.64. The molecule has 2 aromatic carbocycles. The lowest BCUT2D eigenvalue weighted by Gasteiger charge is -2.63. The number of piperidine rings is 2. The minimum Gasteiger partial charge on any atom is -0.489 e. The summed E-state index contributed by atoms with van der Waals surface area (Å²) in [6, 6.07) is 15.3. The number of likely N-dealkylation sites (tertiary alicyclic amines) is 1. The van der Waals surface area contributed by atoms with Gasteiger partial charge in [0.25, 0.3) is 17.7 Å². The maximum Gasteiger partial charge on any atom is 0.262 e. The Morgan fingerprint density at radius 3 is 2.33 bits per heavy atom. The third kappa shape index (κ3) is 8.12. The van der Waals surface area contributed by atoms with Crippen LogP contribution in [-0.4, -0.2) is 82.1 Å². The van der Waals surface area contributed by atoms with Gasteiger partial charge in [0.15, 0.2) is 0 Å². The largest absolute Gasteiger partial charge is 0.489 e. The molecule has 3 aromatic rings. The van der Waals surface area contributed by atoms with E-state index in [9.17, 15) is 29.2 Å². The summed E-state index contributed by atoms with van der Waals surface area (Å²) >= 11 is 6.23. The number of carbonyl (C=O) groups excluding carboxylic acids is 5. The zero-order chi connectivity index (χ0) is 41.4. The van der Waals surface area contributed by atoms with E-state index in [4.69, 9.17) is 16.3 Å². The Morgan fingerprint density at radius 1 is 0.931 bits per heavy atom. The molecule has 4 aliphatic rings. The lowest BCUT2D eigenvalue weighted by Crippen LogP contribution is -2.74. The van der Waals surface area contributed by atoms with Crippen LogP contribution < -0.4 is 15.4 Å².